The molecule has 0 aliphatic carbocycles. The number of carbonyl (C=O) groups excluding carboxylic acids is 1. The van der Waals surface area contributed by atoms with Gasteiger partial charge in [0.2, 0.25) is 0 Å². The minimum absolute atomic E-state index is 0.112. The van der Waals surface area contributed by atoms with Gasteiger partial charge in [0, 0.05) is 5.92 Å². The van der Waals surface area contributed by atoms with E-state index in [-0.39, 0.29) is 5.92 Å². The molecule has 0 bridgehead atoms. The molecule has 0 aromatic carbocycles. The van der Waals surface area contributed by atoms with Gasteiger partial charge in [-0.25, -0.2) is 0 Å². The third-order valence-electron chi connectivity index (χ3n) is 3.44. The number of rotatable bonds is 4. The molecule has 1 unspecified atom stereocenters. The third kappa shape index (κ3) is 4.99. The molecule has 1 atom stereocenters. The number of halogens is 3. The summed E-state index contributed by atoms with van der Waals surface area (Å²) in [5, 5.41) is 12.0. The van der Waals surface area contributed by atoms with Gasteiger partial charge in [-0.05, 0) is 39.8 Å². The van der Waals surface area contributed by atoms with Crippen LogP contribution >= 0.6 is 0 Å². The molecule has 0 saturated carbocycles. The minimum atomic E-state index is -4.79. The van der Waals surface area contributed by atoms with Crippen LogP contribution < -0.4 is 5.32 Å². The highest BCUT2D eigenvalue weighted by molar-refractivity contribution is 5.70. The van der Waals surface area contributed by atoms with Gasteiger partial charge in [-0.1, -0.05) is 0 Å². The molecule has 0 radical (unpaired) electrons. The van der Waals surface area contributed by atoms with Crippen LogP contribution in [0.4, 0.5) is 13.2 Å². The van der Waals surface area contributed by atoms with Crippen molar-refractivity contribution in [3.63, 3.8) is 0 Å². The van der Waals surface area contributed by atoms with Crippen LogP contribution in [-0.4, -0.2) is 42.0 Å². The summed E-state index contributed by atoms with van der Waals surface area (Å²) >= 11 is 0. The molecule has 0 aromatic heterocycles. The zero-order valence-corrected chi connectivity index (χ0v) is 11.1. The topological polar surface area (TPSA) is 58.6 Å². The van der Waals surface area contributed by atoms with E-state index in [0.717, 1.165) is 25.9 Å². The Bertz CT molecular complexity index is 312. The molecule has 1 aliphatic rings. The lowest BCUT2D eigenvalue weighted by Crippen LogP contribution is -2.43. The van der Waals surface area contributed by atoms with E-state index in [1.165, 1.54) is 0 Å². The summed E-state index contributed by atoms with van der Waals surface area (Å²) in [4.78, 5) is 11.5. The zero-order chi connectivity index (χ0) is 14.7. The van der Waals surface area contributed by atoms with Crippen molar-refractivity contribution in [2.45, 2.75) is 51.0 Å². The summed E-state index contributed by atoms with van der Waals surface area (Å²) in [7, 11) is 0. The fraction of sp³-hybridized carbons (Fsp3) is 0.917. The van der Waals surface area contributed by atoms with Crippen molar-refractivity contribution in [1.29, 1.82) is 0 Å². The second kappa shape index (κ2) is 6.09. The van der Waals surface area contributed by atoms with E-state index in [4.69, 9.17) is 9.84 Å². The summed E-state index contributed by atoms with van der Waals surface area (Å²) in [5.74, 6) is -0.908. The number of carbonyl (C=O) groups is 1. The first-order chi connectivity index (χ1) is 8.63. The lowest BCUT2D eigenvalue weighted by Gasteiger charge is -2.36. The predicted octanol–water partition coefficient (Wildman–Crippen LogP) is 1.62. The minimum Gasteiger partial charge on any atom is -0.459 e. The highest BCUT2D eigenvalue weighted by atomic mass is 19.4. The van der Waals surface area contributed by atoms with Crippen LogP contribution in [0.1, 0.15) is 33.1 Å². The number of alkyl halides is 3. The molecule has 1 rings (SSSR count). The number of aliphatic hydroxyl groups is 1. The third-order valence-corrected chi connectivity index (χ3v) is 3.44. The van der Waals surface area contributed by atoms with Crippen molar-refractivity contribution in [2.75, 3.05) is 13.1 Å². The quantitative estimate of drug-likeness (QED) is 0.770. The van der Waals surface area contributed by atoms with Gasteiger partial charge in [0.15, 0.2) is 6.10 Å². The molecule has 1 heterocycles. The summed E-state index contributed by atoms with van der Waals surface area (Å²) in [6.07, 6.45) is -6.90. The average Bonchev–Trinajstić information content (AvgIpc) is 2.28. The standard InChI is InChI=1S/C12H20F3NO3/c1-11(2,8-3-5-16-6-4-8)19-10(18)7-9(17)12(13,14)15/h8-9,16-17H,3-7H2,1-2H3. The number of ether oxygens (including phenoxy) is 1. The van der Waals surface area contributed by atoms with Crippen LogP contribution in [-0.2, 0) is 9.53 Å². The maximum absolute atomic E-state index is 12.1. The number of piperidine rings is 1. The van der Waals surface area contributed by atoms with E-state index >= 15 is 0 Å². The lowest BCUT2D eigenvalue weighted by atomic mass is 9.83. The SMILES string of the molecule is CC(C)(OC(=O)CC(O)C(F)(F)F)C1CCNCC1. The summed E-state index contributed by atoms with van der Waals surface area (Å²) in [6, 6.07) is 0. The lowest BCUT2D eigenvalue weighted by molar-refractivity contribution is -0.213. The Balaban J connectivity index is 2.50. The molecule has 112 valence electrons. The fourth-order valence-electron chi connectivity index (χ4n) is 2.21. The van der Waals surface area contributed by atoms with Crippen LogP contribution in [0.5, 0.6) is 0 Å². The van der Waals surface area contributed by atoms with E-state index in [9.17, 15) is 18.0 Å². The first kappa shape index (κ1) is 16.2. The molecule has 0 aromatic rings. The molecule has 1 fully saturated rings. The van der Waals surface area contributed by atoms with Crippen molar-refractivity contribution in [1.82, 2.24) is 5.32 Å². The number of esters is 1. The Morgan fingerprint density at radius 3 is 2.37 bits per heavy atom. The Hall–Kier alpha value is -0.820. The number of nitrogens with one attached hydrogen (secondary N) is 1. The van der Waals surface area contributed by atoms with E-state index in [1.807, 2.05) is 0 Å². The Morgan fingerprint density at radius 1 is 1.37 bits per heavy atom. The maximum atomic E-state index is 12.1. The molecular weight excluding hydrogens is 263 g/mol. The highest BCUT2D eigenvalue weighted by Gasteiger charge is 2.41. The van der Waals surface area contributed by atoms with Crippen molar-refractivity contribution in [3.05, 3.63) is 0 Å². The van der Waals surface area contributed by atoms with Gasteiger partial charge in [0.1, 0.15) is 5.60 Å². The molecule has 0 amide bonds. The van der Waals surface area contributed by atoms with Crippen LogP contribution in [0.15, 0.2) is 0 Å². The highest BCUT2D eigenvalue weighted by Crippen LogP contribution is 2.30. The monoisotopic (exact) mass is 283 g/mol. The van der Waals surface area contributed by atoms with Crippen LogP contribution in [0.25, 0.3) is 0 Å². The molecular formula is C12H20F3NO3. The van der Waals surface area contributed by atoms with E-state index < -0.39 is 30.3 Å². The smallest absolute Gasteiger partial charge is 0.414 e. The summed E-state index contributed by atoms with van der Waals surface area (Å²) in [5.41, 5.74) is -0.815. The molecule has 19 heavy (non-hydrogen) atoms. The van der Waals surface area contributed by atoms with Crippen molar-refractivity contribution in [3.8, 4) is 0 Å². The van der Waals surface area contributed by atoms with Crippen LogP contribution in [0.3, 0.4) is 0 Å². The second-order valence-corrected chi connectivity index (χ2v) is 5.36. The molecule has 1 aliphatic heterocycles. The molecule has 7 heteroatoms. The van der Waals surface area contributed by atoms with E-state index in [1.54, 1.807) is 13.8 Å². The Morgan fingerprint density at radius 2 is 1.89 bits per heavy atom. The number of aliphatic hydroxyl groups excluding tert-OH is 1. The van der Waals surface area contributed by atoms with Gasteiger partial charge in [-0.3, -0.25) is 4.79 Å². The largest absolute Gasteiger partial charge is 0.459 e. The fourth-order valence-corrected chi connectivity index (χ4v) is 2.21. The second-order valence-electron chi connectivity index (χ2n) is 5.36. The first-order valence-electron chi connectivity index (χ1n) is 6.30. The molecule has 1 saturated heterocycles. The predicted molar refractivity (Wildman–Crippen MR) is 62.4 cm³/mol. The summed E-state index contributed by atoms with van der Waals surface area (Å²) in [6.45, 7) is 5.00. The zero-order valence-electron chi connectivity index (χ0n) is 11.1. The van der Waals surface area contributed by atoms with Crippen LogP contribution in [0, 0.1) is 5.92 Å². The molecule has 2 N–H and O–H groups in total. The average molecular weight is 283 g/mol. The Labute approximate surface area is 110 Å². The first-order valence-corrected chi connectivity index (χ1v) is 6.30. The van der Waals surface area contributed by atoms with Gasteiger partial charge in [-0.15, -0.1) is 0 Å². The number of hydrogen-bond acceptors (Lipinski definition) is 4. The van der Waals surface area contributed by atoms with Crippen molar-refractivity contribution < 1.29 is 27.8 Å². The van der Waals surface area contributed by atoms with E-state index in [2.05, 4.69) is 5.32 Å². The van der Waals surface area contributed by atoms with Gasteiger partial charge in [-0.2, -0.15) is 13.2 Å². The van der Waals surface area contributed by atoms with Gasteiger partial charge < -0.3 is 15.2 Å². The van der Waals surface area contributed by atoms with Gasteiger partial charge in [0.05, 0.1) is 6.42 Å². The van der Waals surface area contributed by atoms with Crippen molar-refractivity contribution in [2.24, 2.45) is 5.92 Å². The Kier molecular flexibility index (Phi) is 5.20. The molecule has 4 nitrogen and oxygen atoms in total. The summed E-state index contributed by atoms with van der Waals surface area (Å²) < 4.78 is 41.5. The van der Waals surface area contributed by atoms with Gasteiger partial charge >= 0.3 is 12.1 Å². The normalized spacial score (nSPS) is 20.1. The van der Waals surface area contributed by atoms with Gasteiger partial charge in [0.25, 0.3) is 0 Å². The molecule has 0 spiro atoms. The number of hydrogen-bond donors (Lipinski definition) is 2. The maximum Gasteiger partial charge on any atom is 0.414 e. The van der Waals surface area contributed by atoms with E-state index in [0.29, 0.717) is 0 Å². The van der Waals surface area contributed by atoms with Crippen molar-refractivity contribution >= 4 is 5.97 Å². The van der Waals surface area contributed by atoms with Crippen LogP contribution in [0.2, 0.25) is 0 Å².